The lowest BCUT2D eigenvalue weighted by Crippen LogP contribution is -2.14. The molecule has 1 aromatic carbocycles. The molecule has 3 N–H and O–H groups in total. The van der Waals surface area contributed by atoms with Gasteiger partial charge < -0.3 is 20.1 Å². The second kappa shape index (κ2) is 5.51. The Morgan fingerprint density at radius 1 is 1.24 bits per heavy atom. The zero-order valence-electron chi connectivity index (χ0n) is 11.6. The topological polar surface area (TPSA) is 84.2 Å². The quantitative estimate of drug-likeness (QED) is 0.887. The van der Waals surface area contributed by atoms with Crippen molar-refractivity contribution in [2.45, 2.75) is 18.8 Å². The largest absolute Gasteiger partial charge is 0.508 e. The molecule has 0 aliphatic carbocycles. The molecule has 0 radical (unpaired) electrons. The number of aromatic hydroxyl groups is 1. The molecule has 0 unspecified atom stereocenters. The van der Waals surface area contributed by atoms with Crippen LogP contribution in [0.5, 0.6) is 5.75 Å². The van der Waals surface area contributed by atoms with Crippen LogP contribution in [0.2, 0.25) is 0 Å². The fourth-order valence-corrected chi connectivity index (χ4v) is 2.80. The Labute approximate surface area is 123 Å². The second-order valence-corrected chi connectivity index (χ2v) is 5.23. The normalized spacial score (nSPS) is 15.8. The zero-order valence-corrected chi connectivity index (χ0v) is 11.6. The monoisotopic (exact) mass is 283 g/mol. The van der Waals surface area contributed by atoms with Crippen molar-refractivity contribution in [1.82, 2.24) is 4.57 Å². The van der Waals surface area contributed by atoms with E-state index in [9.17, 15) is 10.4 Å². The Morgan fingerprint density at radius 2 is 1.90 bits per heavy atom. The molecule has 1 saturated heterocycles. The maximum atomic E-state index is 9.40. The molecule has 5 heteroatoms. The van der Waals surface area contributed by atoms with E-state index < -0.39 is 0 Å². The third kappa shape index (κ3) is 2.46. The van der Waals surface area contributed by atoms with E-state index in [0.29, 0.717) is 17.3 Å². The van der Waals surface area contributed by atoms with Gasteiger partial charge in [-0.05, 0) is 48.6 Å². The fourth-order valence-electron chi connectivity index (χ4n) is 2.80. The standard InChI is InChI=1S/C16H17N3O2/c17-9-15-16(18)14(11-5-7-21-8-6-11)10-19(15)12-1-3-13(20)4-2-12/h1-4,10-11,20H,5-8,18H2. The summed E-state index contributed by atoms with van der Waals surface area (Å²) in [7, 11) is 0. The molecule has 108 valence electrons. The number of nitriles is 1. The van der Waals surface area contributed by atoms with Crippen LogP contribution in [-0.2, 0) is 4.74 Å². The highest BCUT2D eigenvalue weighted by atomic mass is 16.5. The van der Waals surface area contributed by atoms with Gasteiger partial charge >= 0.3 is 0 Å². The average Bonchev–Trinajstić information content (AvgIpc) is 2.85. The fraction of sp³-hybridized carbons (Fsp3) is 0.312. The lowest BCUT2D eigenvalue weighted by atomic mass is 9.92. The first kappa shape index (κ1) is 13.5. The number of benzene rings is 1. The third-order valence-corrected chi connectivity index (χ3v) is 3.97. The number of nitrogen functional groups attached to an aromatic ring is 1. The van der Waals surface area contributed by atoms with Gasteiger partial charge in [0.05, 0.1) is 5.69 Å². The minimum atomic E-state index is 0.196. The SMILES string of the molecule is N#Cc1c(N)c(C2CCOCC2)cn1-c1ccc(O)cc1. The first-order valence-electron chi connectivity index (χ1n) is 6.98. The summed E-state index contributed by atoms with van der Waals surface area (Å²) in [5, 5.41) is 18.8. The molecule has 1 fully saturated rings. The van der Waals surface area contributed by atoms with Gasteiger partial charge in [-0.1, -0.05) is 0 Å². The van der Waals surface area contributed by atoms with Gasteiger partial charge in [-0.15, -0.1) is 0 Å². The van der Waals surface area contributed by atoms with E-state index in [1.165, 1.54) is 0 Å². The molecule has 0 atom stereocenters. The molecular formula is C16H17N3O2. The number of hydrogen-bond donors (Lipinski definition) is 2. The summed E-state index contributed by atoms with van der Waals surface area (Å²) in [5.74, 6) is 0.534. The smallest absolute Gasteiger partial charge is 0.148 e. The maximum Gasteiger partial charge on any atom is 0.148 e. The molecule has 0 saturated carbocycles. The Morgan fingerprint density at radius 3 is 2.52 bits per heavy atom. The molecule has 3 rings (SSSR count). The molecule has 1 aliphatic heterocycles. The van der Waals surface area contributed by atoms with Crippen LogP contribution >= 0.6 is 0 Å². The molecule has 0 bridgehead atoms. The number of phenols is 1. The van der Waals surface area contributed by atoms with Gasteiger partial charge in [0.2, 0.25) is 0 Å². The van der Waals surface area contributed by atoms with Crippen LogP contribution in [-0.4, -0.2) is 22.9 Å². The minimum Gasteiger partial charge on any atom is -0.508 e. The summed E-state index contributed by atoms with van der Waals surface area (Å²) < 4.78 is 7.17. The second-order valence-electron chi connectivity index (χ2n) is 5.23. The number of nitrogens with zero attached hydrogens (tertiary/aromatic N) is 2. The highest BCUT2D eigenvalue weighted by molar-refractivity contribution is 5.62. The van der Waals surface area contributed by atoms with E-state index >= 15 is 0 Å². The van der Waals surface area contributed by atoms with Gasteiger partial charge in [-0.3, -0.25) is 0 Å². The van der Waals surface area contributed by atoms with Crippen molar-refractivity contribution in [3.63, 3.8) is 0 Å². The number of nitrogens with two attached hydrogens (primary N) is 1. The van der Waals surface area contributed by atoms with E-state index in [1.807, 2.05) is 6.20 Å². The summed E-state index contributed by atoms with van der Waals surface area (Å²) in [6.45, 7) is 1.47. The molecule has 2 aromatic rings. The van der Waals surface area contributed by atoms with Gasteiger partial charge in [0.1, 0.15) is 17.5 Å². The van der Waals surface area contributed by atoms with Crippen LogP contribution in [0.3, 0.4) is 0 Å². The van der Waals surface area contributed by atoms with E-state index in [0.717, 1.165) is 37.3 Å². The van der Waals surface area contributed by atoms with Gasteiger partial charge in [0.25, 0.3) is 0 Å². The van der Waals surface area contributed by atoms with E-state index in [4.69, 9.17) is 10.5 Å². The third-order valence-electron chi connectivity index (χ3n) is 3.97. The number of rotatable bonds is 2. The van der Waals surface area contributed by atoms with Crippen molar-refractivity contribution in [3.8, 4) is 17.5 Å². The number of hydrogen-bond acceptors (Lipinski definition) is 4. The number of phenolic OH excluding ortho intramolecular Hbond substituents is 1. The maximum absolute atomic E-state index is 9.40. The summed E-state index contributed by atoms with van der Waals surface area (Å²) in [6, 6.07) is 8.91. The Bertz CT molecular complexity index is 677. The zero-order chi connectivity index (χ0) is 14.8. The summed E-state index contributed by atoms with van der Waals surface area (Å²) in [5.41, 5.74) is 9.01. The van der Waals surface area contributed by atoms with Crippen LogP contribution in [0.4, 0.5) is 5.69 Å². The molecule has 0 amide bonds. The molecule has 1 aliphatic rings. The van der Waals surface area contributed by atoms with Crippen LogP contribution in [0, 0.1) is 11.3 Å². The Kier molecular flexibility index (Phi) is 3.55. The van der Waals surface area contributed by atoms with Crippen molar-refractivity contribution in [2.75, 3.05) is 18.9 Å². The number of anilines is 1. The highest BCUT2D eigenvalue weighted by Gasteiger charge is 2.23. The predicted molar refractivity (Wildman–Crippen MR) is 79.4 cm³/mol. The van der Waals surface area contributed by atoms with Gasteiger partial charge in [0, 0.05) is 25.1 Å². The molecule has 21 heavy (non-hydrogen) atoms. The average molecular weight is 283 g/mol. The van der Waals surface area contributed by atoms with Crippen LogP contribution < -0.4 is 5.73 Å². The number of ether oxygens (including phenoxy) is 1. The lowest BCUT2D eigenvalue weighted by Gasteiger charge is -2.21. The summed E-state index contributed by atoms with van der Waals surface area (Å²) in [4.78, 5) is 0. The van der Waals surface area contributed by atoms with Crippen molar-refractivity contribution >= 4 is 5.69 Å². The van der Waals surface area contributed by atoms with Crippen molar-refractivity contribution < 1.29 is 9.84 Å². The number of aromatic nitrogens is 1. The summed E-state index contributed by atoms with van der Waals surface area (Å²) >= 11 is 0. The van der Waals surface area contributed by atoms with E-state index in [2.05, 4.69) is 6.07 Å². The van der Waals surface area contributed by atoms with Gasteiger partial charge in [0.15, 0.2) is 0 Å². The van der Waals surface area contributed by atoms with Crippen LogP contribution in [0.25, 0.3) is 5.69 Å². The van der Waals surface area contributed by atoms with Crippen molar-refractivity contribution in [2.24, 2.45) is 0 Å². The van der Waals surface area contributed by atoms with Crippen LogP contribution in [0.15, 0.2) is 30.5 Å². The van der Waals surface area contributed by atoms with Crippen LogP contribution in [0.1, 0.15) is 30.0 Å². The first-order chi connectivity index (χ1) is 10.2. The van der Waals surface area contributed by atoms with Gasteiger partial charge in [-0.2, -0.15) is 5.26 Å². The predicted octanol–water partition coefficient (Wildman–Crippen LogP) is 2.53. The molecule has 2 heterocycles. The lowest BCUT2D eigenvalue weighted by molar-refractivity contribution is 0.0855. The molecule has 0 spiro atoms. The molecule has 5 nitrogen and oxygen atoms in total. The Balaban J connectivity index is 2.05. The highest BCUT2D eigenvalue weighted by Crippen LogP contribution is 2.35. The molecule has 1 aromatic heterocycles. The van der Waals surface area contributed by atoms with Crippen molar-refractivity contribution in [1.29, 1.82) is 5.26 Å². The summed E-state index contributed by atoms with van der Waals surface area (Å²) in [6.07, 6.45) is 3.79. The first-order valence-corrected chi connectivity index (χ1v) is 6.98. The van der Waals surface area contributed by atoms with Gasteiger partial charge in [-0.25, -0.2) is 0 Å². The minimum absolute atomic E-state index is 0.196. The van der Waals surface area contributed by atoms with Crippen molar-refractivity contribution in [3.05, 3.63) is 41.7 Å². The van der Waals surface area contributed by atoms with E-state index in [-0.39, 0.29) is 5.75 Å². The molecular weight excluding hydrogens is 266 g/mol. The Hall–Kier alpha value is -2.45. The van der Waals surface area contributed by atoms with E-state index in [1.54, 1.807) is 28.8 Å².